The summed E-state index contributed by atoms with van der Waals surface area (Å²) in [5.41, 5.74) is 0.0511. The van der Waals surface area contributed by atoms with Crippen LogP contribution in [0.3, 0.4) is 0 Å². The Morgan fingerprint density at radius 2 is 1.78 bits per heavy atom. The monoisotopic (exact) mass is 313 g/mol. The fourth-order valence-electron chi connectivity index (χ4n) is 2.87. The molecule has 5 nitrogen and oxygen atoms in total. The molecule has 0 radical (unpaired) electrons. The average Bonchev–Trinajstić information content (AvgIpc) is 3.03. The maximum atomic E-state index is 12.7. The number of hydrogen-bond acceptors (Lipinski definition) is 3. The summed E-state index contributed by atoms with van der Waals surface area (Å²) in [6.45, 7) is 5.27. The molecule has 2 heterocycles. The first-order chi connectivity index (χ1) is 11.1. The number of amides is 1. The molecule has 1 saturated heterocycles. The highest BCUT2D eigenvalue weighted by atomic mass is 16.5. The van der Waals surface area contributed by atoms with Gasteiger partial charge in [0.2, 0.25) is 5.88 Å². The molecule has 0 atom stereocenters. The lowest BCUT2D eigenvalue weighted by atomic mass is 10.0. The quantitative estimate of drug-likeness (QED) is 0.871. The zero-order chi connectivity index (χ0) is 16.3. The van der Waals surface area contributed by atoms with Gasteiger partial charge in [0.1, 0.15) is 0 Å². The number of likely N-dealkylation sites (tertiary alicyclic amines) is 1. The lowest BCUT2D eigenvalue weighted by Crippen LogP contribution is -2.50. The van der Waals surface area contributed by atoms with E-state index in [4.69, 9.17) is 4.74 Å². The summed E-state index contributed by atoms with van der Waals surface area (Å²) >= 11 is 0. The number of hydrogen-bond donors (Lipinski definition) is 0. The van der Waals surface area contributed by atoms with Crippen molar-refractivity contribution in [3.63, 3.8) is 0 Å². The Kier molecular flexibility index (Phi) is 4.37. The standard InChI is InChI=1S/C18H23N3O2/c1-18(2,17(22)20-12-7-4-8-13-20)23-16-11-14-21(19-16)15-9-5-3-6-10-15/h3,5-6,9-11,14H,4,7-8,12-13H2,1-2H3. The molecule has 0 spiro atoms. The largest absolute Gasteiger partial charge is 0.460 e. The van der Waals surface area contributed by atoms with Crippen LogP contribution in [0.5, 0.6) is 5.88 Å². The van der Waals surface area contributed by atoms with Gasteiger partial charge in [-0.25, -0.2) is 4.68 Å². The summed E-state index contributed by atoms with van der Waals surface area (Å²) < 4.78 is 7.64. The summed E-state index contributed by atoms with van der Waals surface area (Å²) in [5.74, 6) is 0.496. The van der Waals surface area contributed by atoms with Gasteiger partial charge in [-0.1, -0.05) is 18.2 Å². The van der Waals surface area contributed by atoms with E-state index in [1.165, 1.54) is 6.42 Å². The molecule has 1 aliphatic rings. The minimum Gasteiger partial charge on any atom is -0.460 e. The molecule has 1 amide bonds. The van der Waals surface area contributed by atoms with Gasteiger partial charge in [-0.15, -0.1) is 5.10 Å². The van der Waals surface area contributed by atoms with Crippen LogP contribution in [0.15, 0.2) is 42.6 Å². The topological polar surface area (TPSA) is 47.4 Å². The molecule has 0 bridgehead atoms. The fraction of sp³-hybridized carbons (Fsp3) is 0.444. The van der Waals surface area contributed by atoms with Gasteiger partial charge in [0.25, 0.3) is 5.91 Å². The predicted octanol–water partition coefficient (Wildman–Crippen LogP) is 3.04. The van der Waals surface area contributed by atoms with E-state index in [0.717, 1.165) is 31.6 Å². The smallest absolute Gasteiger partial charge is 0.266 e. The van der Waals surface area contributed by atoms with Crippen molar-refractivity contribution in [3.8, 4) is 11.6 Å². The van der Waals surface area contributed by atoms with Crippen LogP contribution in [-0.2, 0) is 4.79 Å². The van der Waals surface area contributed by atoms with Crippen molar-refractivity contribution < 1.29 is 9.53 Å². The van der Waals surface area contributed by atoms with Crippen molar-refractivity contribution in [1.82, 2.24) is 14.7 Å². The fourth-order valence-corrected chi connectivity index (χ4v) is 2.87. The van der Waals surface area contributed by atoms with Gasteiger partial charge >= 0.3 is 0 Å². The van der Waals surface area contributed by atoms with E-state index < -0.39 is 5.60 Å². The third-order valence-corrected chi connectivity index (χ3v) is 4.10. The second-order valence-electron chi connectivity index (χ2n) is 6.40. The van der Waals surface area contributed by atoms with Crippen LogP contribution in [0.4, 0.5) is 0 Å². The van der Waals surface area contributed by atoms with E-state index >= 15 is 0 Å². The molecule has 23 heavy (non-hydrogen) atoms. The zero-order valence-corrected chi connectivity index (χ0v) is 13.7. The summed E-state index contributed by atoms with van der Waals surface area (Å²) in [5, 5.41) is 4.42. The molecular weight excluding hydrogens is 290 g/mol. The summed E-state index contributed by atoms with van der Waals surface area (Å²) in [4.78, 5) is 14.6. The Morgan fingerprint density at radius 3 is 2.48 bits per heavy atom. The minimum atomic E-state index is -0.910. The Morgan fingerprint density at radius 1 is 1.09 bits per heavy atom. The molecule has 0 saturated carbocycles. The first-order valence-corrected chi connectivity index (χ1v) is 8.16. The summed E-state index contributed by atoms with van der Waals surface area (Å²) in [6, 6.07) is 11.6. The van der Waals surface area contributed by atoms with E-state index in [0.29, 0.717) is 5.88 Å². The van der Waals surface area contributed by atoms with Gasteiger partial charge in [0.15, 0.2) is 5.60 Å². The van der Waals surface area contributed by atoms with Gasteiger partial charge < -0.3 is 9.64 Å². The van der Waals surface area contributed by atoms with Gasteiger partial charge in [-0.3, -0.25) is 4.79 Å². The summed E-state index contributed by atoms with van der Waals surface area (Å²) in [6.07, 6.45) is 5.19. The number of rotatable bonds is 4. The average molecular weight is 313 g/mol. The third kappa shape index (κ3) is 3.55. The van der Waals surface area contributed by atoms with Gasteiger partial charge in [-0.05, 0) is 45.2 Å². The normalized spacial score (nSPS) is 15.5. The molecule has 0 unspecified atom stereocenters. The van der Waals surface area contributed by atoms with Crippen LogP contribution in [0, 0.1) is 0 Å². The van der Waals surface area contributed by atoms with Crippen LogP contribution < -0.4 is 4.74 Å². The van der Waals surface area contributed by atoms with E-state index in [1.54, 1.807) is 10.7 Å². The second-order valence-corrected chi connectivity index (χ2v) is 6.40. The Labute approximate surface area is 136 Å². The maximum absolute atomic E-state index is 12.7. The summed E-state index contributed by atoms with van der Waals surface area (Å²) in [7, 11) is 0. The number of aromatic nitrogens is 2. The van der Waals surface area contributed by atoms with Crippen molar-refractivity contribution in [2.75, 3.05) is 13.1 Å². The molecule has 0 aliphatic carbocycles. The second kappa shape index (κ2) is 6.44. The number of ether oxygens (including phenoxy) is 1. The van der Waals surface area contributed by atoms with E-state index in [-0.39, 0.29) is 5.91 Å². The van der Waals surface area contributed by atoms with Crippen molar-refractivity contribution >= 4 is 5.91 Å². The van der Waals surface area contributed by atoms with Crippen LogP contribution in [0.1, 0.15) is 33.1 Å². The van der Waals surface area contributed by atoms with Gasteiger partial charge in [0.05, 0.1) is 5.69 Å². The van der Waals surface area contributed by atoms with Gasteiger partial charge in [-0.2, -0.15) is 0 Å². The highest BCUT2D eigenvalue weighted by molar-refractivity contribution is 5.84. The molecular formula is C18H23N3O2. The Hall–Kier alpha value is -2.30. The maximum Gasteiger partial charge on any atom is 0.266 e. The minimum absolute atomic E-state index is 0.0338. The van der Waals surface area contributed by atoms with Crippen molar-refractivity contribution in [2.24, 2.45) is 0 Å². The highest BCUT2D eigenvalue weighted by Gasteiger charge is 2.35. The zero-order valence-electron chi connectivity index (χ0n) is 13.7. The number of carbonyl (C=O) groups is 1. The van der Waals surface area contributed by atoms with Crippen LogP contribution >= 0.6 is 0 Å². The van der Waals surface area contributed by atoms with E-state index in [1.807, 2.05) is 55.3 Å². The van der Waals surface area contributed by atoms with Crippen molar-refractivity contribution in [3.05, 3.63) is 42.6 Å². The number of piperidine rings is 1. The van der Waals surface area contributed by atoms with Crippen molar-refractivity contribution in [2.45, 2.75) is 38.7 Å². The highest BCUT2D eigenvalue weighted by Crippen LogP contribution is 2.21. The first-order valence-electron chi connectivity index (χ1n) is 8.16. The third-order valence-electron chi connectivity index (χ3n) is 4.10. The van der Waals surface area contributed by atoms with E-state index in [9.17, 15) is 4.79 Å². The Balaban J connectivity index is 1.70. The van der Waals surface area contributed by atoms with Crippen molar-refractivity contribution in [1.29, 1.82) is 0 Å². The molecule has 3 rings (SSSR count). The van der Waals surface area contributed by atoms with Crippen LogP contribution in [0.25, 0.3) is 5.69 Å². The number of para-hydroxylation sites is 1. The molecule has 0 N–H and O–H groups in total. The number of carbonyl (C=O) groups excluding carboxylic acids is 1. The SMILES string of the molecule is CC(C)(Oc1ccn(-c2ccccc2)n1)C(=O)N1CCCCC1. The molecule has 5 heteroatoms. The van der Waals surface area contributed by atoms with Crippen LogP contribution in [0.2, 0.25) is 0 Å². The molecule has 122 valence electrons. The predicted molar refractivity (Wildman–Crippen MR) is 88.7 cm³/mol. The molecule has 1 fully saturated rings. The van der Waals surface area contributed by atoms with E-state index in [2.05, 4.69) is 5.10 Å². The van der Waals surface area contributed by atoms with Crippen LogP contribution in [-0.4, -0.2) is 39.3 Å². The van der Waals surface area contributed by atoms with Gasteiger partial charge in [0, 0.05) is 25.4 Å². The Bertz CT molecular complexity index is 658. The molecule has 1 aromatic carbocycles. The molecule has 1 aliphatic heterocycles. The number of nitrogens with zero attached hydrogens (tertiary/aromatic N) is 3. The first kappa shape index (κ1) is 15.6. The molecule has 2 aromatic rings. The lowest BCUT2D eigenvalue weighted by molar-refractivity contribution is -0.146. The lowest BCUT2D eigenvalue weighted by Gasteiger charge is -2.33. The number of benzene rings is 1. The molecule has 1 aromatic heterocycles.